The van der Waals surface area contributed by atoms with E-state index in [1.165, 1.54) is 24.3 Å². The summed E-state index contributed by atoms with van der Waals surface area (Å²) < 4.78 is 46.3. The quantitative estimate of drug-likeness (QED) is 0.731. The van der Waals surface area contributed by atoms with Crippen LogP contribution in [0.1, 0.15) is 34.6 Å². The van der Waals surface area contributed by atoms with E-state index in [0.29, 0.717) is 0 Å². The number of carbonyl (C=O) groups is 1. The number of benzene rings is 2. The lowest BCUT2D eigenvalue weighted by molar-refractivity contribution is -0.158. The fourth-order valence-electron chi connectivity index (χ4n) is 2.53. The second-order valence-corrected chi connectivity index (χ2v) is 9.62. The molecule has 0 aliphatic carbocycles. The Morgan fingerprint density at radius 1 is 0.964 bits per heavy atom. The number of nitrogens with one attached hydrogen (secondary N) is 1. The zero-order valence-corrected chi connectivity index (χ0v) is 17.5. The van der Waals surface area contributed by atoms with Crippen LogP contribution in [0, 0.1) is 11.7 Å². The van der Waals surface area contributed by atoms with E-state index in [4.69, 9.17) is 4.74 Å². The Morgan fingerprint density at radius 2 is 1.43 bits per heavy atom. The summed E-state index contributed by atoms with van der Waals surface area (Å²) in [6.07, 6.45) is 0. The normalized spacial score (nSPS) is 13.4. The molecule has 28 heavy (non-hydrogen) atoms. The summed E-state index contributed by atoms with van der Waals surface area (Å²) >= 11 is 0. The average molecular weight is 408 g/mol. The van der Waals surface area contributed by atoms with Gasteiger partial charge in [-0.3, -0.25) is 4.79 Å². The SMILES string of the molecule is CC(C)[C@H](NS(=O)(=O)c1ccc(-c2ccc(F)cc2)cc1)C(=O)OC(C)(C)C. The monoisotopic (exact) mass is 407 g/mol. The van der Waals surface area contributed by atoms with Crippen LogP contribution in [0.5, 0.6) is 0 Å². The molecule has 2 rings (SSSR count). The number of sulfonamides is 1. The molecular weight excluding hydrogens is 381 g/mol. The Morgan fingerprint density at radius 3 is 1.86 bits per heavy atom. The molecule has 0 amide bonds. The number of carbonyl (C=O) groups excluding carboxylic acids is 1. The summed E-state index contributed by atoms with van der Waals surface area (Å²) in [5.41, 5.74) is 0.811. The second kappa shape index (κ2) is 8.41. The van der Waals surface area contributed by atoms with E-state index in [1.54, 1.807) is 58.9 Å². The molecule has 2 aromatic carbocycles. The smallest absolute Gasteiger partial charge is 0.324 e. The summed E-state index contributed by atoms with van der Waals surface area (Å²) in [6.45, 7) is 8.67. The summed E-state index contributed by atoms with van der Waals surface area (Å²) in [6, 6.07) is 11.1. The van der Waals surface area contributed by atoms with Crippen LogP contribution in [0.15, 0.2) is 53.4 Å². The minimum Gasteiger partial charge on any atom is -0.459 e. The molecule has 0 aliphatic rings. The van der Waals surface area contributed by atoms with Crippen molar-refractivity contribution in [3.63, 3.8) is 0 Å². The zero-order chi connectivity index (χ0) is 21.1. The average Bonchev–Trinajstić information content (AvgIpc) is 2.59. The van der Waals surface area contributed by atoms with Crippen molar-refractivity contribution >= 4 is 16.0 Å². The van der Waals surface area contributed by atoms with Crippen LogP contribution in [0.2, 0.25) is 0 Å². The van der Waals surface area contributed by atoms with Gasteiger partial charge in [0.2, 0.25) is 10.0 Å². The van der Waals surface area contributed by atoms with Crippen LogP contribution < -0.4 is 4.72 Å². The predicted octanol–water partition coefficient (Wildman–Crippen LogP) is 4.14. The fraction of sp³-hybridized carbons (Fsp3) is 0.381. The third kappa shape index (κ3) is 5.87. The van der Waals surface area contributed by atoms with Gasteiger partial charge in [-0.15, -0.1) is 0 Å². The number of hydrogen-bond donors (Lipinski definition) is 1. The van der Waals surface area contributed by atoms with Crippen LogP contribution >= 0.6 is 0 Å². The fourth-order valence-corrected chi connectivity index (χ4v) is 3.86. The molecule has 0 unspecified atom stereocenters. The maximum atomic E-state index is 13.1. The van der Waals surface area contributed by atoms with E-state index in [0.717, 1.165) is 11.1 Å². The highest BCUT2D eigenvalue weighted by Gasteiger charge is 2.32. The third-order valence-corrected chi connectivity index (χ3v) is 5.41. The topological polar surface area (TPSA) is 72.5 Å². The molecule has 0 bridgehead atoms. The van der Waals surface area contributed by atoms with E-state index in [-0.39, 0.29) is 16.6 Å². The molecule has 152 valence electrons. The van der Waals surface area contributed by atoms with Gasteiger partial charge in [0.15, 0.2) is 0 Å². The van der Waals surface area contributed by atoms with Crippen LogP contribution in [-0.2, 0) is 19.6 Å². The van der Waals surface area contributed by atoms with Crippen LogP contribution in [-0.4, -0.2) is 26.0 Å². The van der Waals surface area contributed by atoms with Crippen LogP contribution in [0.25, 0.3) is 11.1 Å². The number of rotatable bonds is 6. The Labute approximate surface area is 166 Å². The molecule has 5 nitrogen and oxygen atoms in total. The maximum absolute atomic E-state index is 13.1. The molecule has 0 saturated heterocycles. The molecule has 0 aromatic heterocycles. The first-order valence-corrected chi connectivity index (χ1v) is 10.5. The van der Waals surface area contributed by atoms with Gasteiger partial charge in [0.05, 0.1) is 4.90 Å². The van der Waals surface area contributed by atoms with Gasteiger partial charge in [-0.25, -0.2) is 12.8 Å². The minimum absolute atomic E-state index is 0.0348. The van der Waals surface area contributed by atoms with E-state index >= 15 is 0 Å². The van der Waals surface area contributed by atoms with Crippen molar-refractivity contribution in [1.29, 1.82) is 0 Å². The molecule has 0 radical (unpaired) electrons. The van der Waals surface area contributed by atoms with Gasteiger partial charge in [-0.1, -0.05) is 38.1 Å². The predicted molar refractivity (Wildman–Crippen MR) is 107 cm³/mol. The molecule has 2 aromatic rings. The first-order chi connectivity index (χ1) is 12.9. The lowest BCUT2D eigenvalue weighted by atomic mass is 10.1. The second-order valence-electron chi connectivity index (χ2n) is 7.91. The summed E-state index contributed by atoms with van der Waals surface area (Å²) in [7, 11) is -3.92. The van der Waals surface area contributed by atoms with Crippen molar-refractivity contribution in [2.45, 2.75) is 51.2 Å². The number of hydrogen-bond acceptors (Lipinski definition) is 4. The highest BCUT2D eigenvalue weighted by molar-refractivity contribution is 7.89. The van der Waals surface area contributed by atoms with Crippen molar-refractivity contribution < 1.29 is 22.3 Å². The highest BCUT2D eigenvalue weighted by atomic mass is 32.2. The van der Waals surface area contributed by atoms with Crippen molar-refractivity contribution in [2.24, 2.45) is 5.92 Å². The van der Waals surface area contributed by atoms with Gasteiger partial charge in [-0.05, 0) is 62.1 Å². The van der Waals surface area contributed by atoms with Gasteiger partial charge in [-0.2, -0.15) is 4.72 Å². The van der Waals surface area contributed by atoms with Gasteiger partial charge >= 0.3 is 5.97 Å². The summed E-state index contributed by atoms with van der Waals surface area (Å²) in [5.74, 6) is -1.24. The minimum atomic E-state index is -3.92. The maximum Gasteiger partial charge on any atom is 0.324 e. The van der Waals surface area contributed by atoms with E-state index in [9.17, 15) is 17.6 Å². The summed E-state index contributed by atoms with van der Waals surface area (Å²) in [4.78, 5) is 12.4. The number of ether oxygens (including phenoxy) is 1. The number of esters is 1. The van der Waals surface area contributed by atoms with Crippen molar-refractivity contribution in [2.75, 3.05) is 0 Å². The van der Waals surface area contributed by atoms with E-state index in [2.05, 4.69) is 4.72 Å². The standard InChI is InChI=1S/C21H26FNO4S/c1-14(2)19(20(24)27-21(3,4)5)23-28(25,26)18-12-8-16(9-13-18)15-6-10-17(22)11-7-15/h6-14,19,23H,1-5H3/t19-/m0/s1. The lowest BCUT2D eigenvalue weighted by Gasteiger charge is -2.26. The van der Waals surface area contributed by atoms with Crippen molar-refractivity contribution in [3.8, 4) is 11.1 Å². The molecule has 0 spiro atoms. The molecule has 0 heterocycles. The van der Waals surface area contributed by atoms with Gasteiger partial charge in [0, 0.05) is 0 Å². The molecule has 7 heteroatoms. The molecule has 1 N–H and O–H groups in total. The largest absolute Gasteiger partial charge is 0.459 e. The third-order valence-electron chi connectivity index (χ3n) is 3.95. The zero-order valence-electron chi connectivity index (χ0n) is 16.7. The highest BCUT2D eigenvalue weighted by Crippen LogP contribution is 2.22. The van der Waals surface area contributed by atoms with E-state index < -0.39 is 27.6 Å². The van der Waals surface area contributed by atoms with Crippen molar-refractivity contribution in [3.05, 3.63) is 54.3 Å². The Balaban J connectivity index is 2.22. The summed E-state index contributed by atoms with van der Waals surface area (Å²) in [5, 5.41) is 0. The van der Waals surface area contributed by atoms with Gasteiger partial charge in [0.1, 0.15) is 17.5 Å². The molecule has 1 atom stereocenters. The molecule has 0 saturated carbocycles. The Kier molecular flexibility index (Phi) is 6.62. The first-order valence-electron chi connectivity index (χ1n) is 9.00. The van der Waals surface area contributed by atoms with E-state index in [1.807, 2.05) is 0 Å². The molecule has 0 aliphatic heterocycles. The van der Waals surface area contributed by atoms with Crippen molar-refractivity contribution in [1.82, 2.24) is 4.72 Å². The first kappa shape index (κ1) is 22.0. The molecular formula is C21H26FNO4S. The van der Waals surface area contributed by atoms with Gasteiger partial charge in [0.25, 0.3) is 0 Å². The van der Waals surface area contributed by atoms with Crippen LogP contribution in [0.4, 0.5) is 4.39 Å². The Bertz CT molecular complexity index is 914. The lowest BCUT2D eigenvalue weighted by Crippen LogP contribution is -2.47. The number of halogens is 1. The van der Waals surface area contributed by atoms with Gasteiger partial charge < -0.3 is 4.74 Å². The molecule has 0 fully saturated rings. The van der Waals surface area contributed by atoms with Crippen LogP contribution in [0.3, 0.4) is 0 Å². The Hall–Kier alpha value is -2.25.